The second kappa shape index (κ2) is 8.34. The van der Waals surface area contributed by atoms with Gasteiger partial charge >= 0.3 is 6.18 Å². The van der Waals surface area contributed by atoms with Crippen molar-refractivity contribution in [2.45, 2.75) is 46.2 Å². The molecule has 0 amide bonds. The average molecular weight is 363 g/mol. The van der Waals surface area contributed by atoms with Crippen molar-refractivity contribution in [3.05, 3.63) is 47.8 Å². The lowest BCUT2D eigenvalue weighted by atomic mass is 10.1. The predicted octanol–water partition coefficient (Wildman–Crippen LogP) is 6.16. The minimum absolute atomic E-state index is 0.332. The van der Waals surface area contributed by atoms with Crippen molar-refractivity contribution >= 4 is 11.0 Å². The molecule has 0 aliphatic rings. The Morgan fingerprint density at radius 1 is 1.08 bits per heavy atom. The first-order valence-electron chi connectivity index (χ1n) is 8.74. The van der Waals surface area contributed by atoms with Crippen LogP contribution >= 0.6 is 0 Å². The van der Waals surface area contributed by atoms with Crippen molar-refractivity contribution in [2.24, 2.45) is 7.05 Å². The van der Waals surface area contributed by atoms with Crippen LogP contribution in [-0.2, 0) is 13.2 Å². The summed E-state index contributed by atoms with van der Waals surface area (Å²) in [5, 5.41) is 0. The molecule has 0 saturated heterocycles. The third-order valence-electron chi connectivity index (χ3n) is 4.18. The van der Waals surface area contributed by atoms with Crippen LogP contribution in [0.3, 0.4) is 0 Å². The maximum Gasteiger partial charge on any atom is 0.416 e. The van der Waals surface area contributed by atoms with Gasteiger partial charge in [0.2, 0.25) is 0 Å². The summed E-state index contributed by atoms with van der Waals surface area (Å²) in [6.07, 6.45) is 3.06. The molecule has 26 heavy (non-hydrogen) atoms. The predicted molar refractivity (Wildman–Crippen MR) is 98.9 cm³/mol. The number of hydrogen-bond donors (Lipinski definition) is 0. The van der Waals surface area contributed by atoms with Crippen LogP contribution < -0.4 is 0 Å². The summed E-state index contributed by atoms with van der Waals surface area (Å²) in [5.41, 5.74) is 2.09. The van der Waals surface area contributed by atoms with E-state index in [-0.39, 0.29) is 0 Å². The fraction of sp³-hybridized carbons (Fsp3) is 0.400. The van der Waals surface area contributed by atoms with Gasteiger partial charge in [0.25, 0.3) is 0 Å². The largest absolute Gasteiger partial charge is 0.416 e. The molecule has 0 fully saturated rings. The first-order chi connectivity index (χ1) is 12.3. The monoisotopic (exact) mass is 363 g/mol. The molecule has 3 rings (SSSR count). The van der Waals surface area contributed by atoms with Gasteiger partial charge in [-0.25, -0.2) is 4.98 Å². The summed E-state index contributed by atoms with van der Waals surface area (Å²) in [5.74, 6) is 0.629. The Bertz CT molecular complexity index is 864. The highest BCUT2D eigenvalue weighted by molar-refractivity contribution is 5.81. The molecule has 2 heterocycles. The van der Waals surface area contributed by atoms with E-state index in [1.807, 2.05) is 6.92 Å². The maximum atomic E-state index is 12.8. The van der Waals surface area contributed by atoms with E-state index < -0.39 is 11.7 Å². The molecule has 0 aliphatic heterocycles. The minimum atomic E-state index is -4.36. The van der Waals surface area contributed by atoms with Gasteiger partial charge in [-0.15, -0.1) is 0 Å². The summed E-state index contributed by atoms with van der Waals surface area (Å²) in [6.45, 7) is 6.32. The van der Waals surface area contributed by atoms with Crippen LogP contribution in [0.15, 0.2) is 36.7 Å². The Morgan fingerprint density at radius 3 is 2.31 bits per heavy atom. The Hall–Kier alpha value is -2.37. The molecule has 2 aromatic heterocycles. The molecule has 3 aromatic rings. The number of unbranched alkanes of at least 4 members (excludes halogenated alkanes) is 2. The Labute approximate surface area is 151 Å². The maximum absolute atomic E-state index is 12.8. The highest BCUT2D eigenvalue weighted by atomic mass is 19.4. The Balaban J connectivity index is 0.000000431. The van der Waals surface area contributed by atoms with E-state index in [0.717, 1.165) is 23.3 Å². The number of alkyl halides is 3. The summed E-state index contributed by atoms with van der Waals surface area (Å²) in [4.78, 5) is 8.37. The van der Waals surface area contributed by atoms with Gasteiger partial charge in [-0.05, 0) is 36.8 Å². The number of hydrogen-bond acceptors (Lipinski definition) is 2. The van der Waals surface area contributed by atoms with Crippen molar-refractivity contribution in [3.63, 3.8) is 0 Å². The van der Waals surface area contributed by atoms with Crippen LogP contribution in [0.25, 0.3) is 22.4 Å². The van der Waals surface area contributed by atoms with Crippen molar-refractivity contribution < 1.29 is 13.2 Å². The molecule has 3 nitrogen and oxygen atoms in total. The molecule has 0 spiro atoms. The topological polar surface area (TPSA) is 30.7 Å². The van der Waals surface area contributed by atoms with Crippen molar-refractivity contribution in [2.75, 3.05) is 0 Å². The van der Waals surface area contributed by atoms with Crippen molar-refractivity contribution in [1.29, 1.82) is 0 Å². The number of imidazole rings is 1. The molecule has 0 saturated carbocycles. The first-order valence-corrected chi connectivity index (χ1v) is 8.74. The van der Waals surface area contributed by atoms with Crippen LogP contribution in [0, 0.1) is 6.92 Å². The van der Waals surface area contributed by atoms with E-state index in [4.69, 9.17) is 0 Å². The van der Waals surface area contributed by atoms with Crippen LogP contribution in [0.4, 0.5) is 13.2 Å². The summed E-state index contributed by atoms with van der Waals surface area (Å²) < 4.78 is 40.1. The fourth-order valence-electron chi connectivity index (χ4n) is 2.69. The number of rotatable bonds is 3. The average Bonchev–Trinajstić information content (AvgIpc) is 2.92. The minimum Gasteiger partial charge on any atom is -0.327 e. The van der Waals surface area contributed by atoms with E-state index in [2.05, 4.69) is 23.8 Å². The van der Waals surface area contributed by atoms with Gasteiger partial charge < -0.3 is 4.57 Å². The van der Waals surface area contributed by atoms with E-state index in [0.29, 0.717) is 16.9 Å². The zero-order valence-corrected chi connectivity index (χ0v) is 15.6. The number of benzene rings is 1. The van der Waals surface area contributed by atoms with Crippen LogP contribution in [-0.4, -0.2) is 14.5 Å². The number of halogens is 3. The Kier molecular flexibility index (Phi) is 6.40. The molecular formula is C20H24F3N3. The molecule has 6 heteroatoms. The van der Waals surface area contributed by atoms with Crippen LogP contribution in [0.2, 0.25) is 0 Å². The van der Waals surface area contributed by atoms with E-state index in [1.54, 1.807) is 30.1 Å². The standard InChI is InChI=1S/C15H12F3N3.C5H12/c1-9-8-19-6-5-11(9)14-20-12-7-10(15(16,17)18)3-4-13(12)21(14)2;1-3-5-4-2/h3-8H,1-2H3;3-5H2,1-2H3. The molecular weight excluding hydrogens is 339 g/mol. The number of fused-ring (bicyclic) bond motifs is 1. The number of nitrogens with zero attached hydrogens (tertiary/aromatic N) is 3. The summed E-state index contributed by atoms with van der Waals surface area (Å²) in [6, 6.07) is 5.41. The van der Waals surface area contributed by atoms with E-state index in [1.165, 1.54) is 25.3 Å². The number of aromatic nitrogens is 3. The smallest absolute Gasteiger partial charge is 0.327 e. The summed E-state index contributed by atoms with van der Waals surface area (Å²) in [7, 11) is 1.79. The van der Waals surface area contributed by atoms with Gasteiger partial charge in [0.1, 0.15) is 5.82 Å². The molecule has 1 aromatic carbocycles. The van der Waals surface area contributed by atoms with Crippen molar-refractivity contribution in [1.82, 2.24) is 14.5 Å². The highest BCUT2D eigenvalue weighted by Crippen LogP contribution is 2.32. The lowest BCUT2D eigenvalue weighted by Gasteiger charge is -2.06. The van der Waals surface area contributed by atoms with Gasteiger partial charge in [0, 0.05) is 25.0 Å². The normalized spacial score (nSPS) is 11.3. The second-order valence-electron chi connectivity index (χ2n) is 6.24. The van der Waals surface area contributed by atoms with E-state index in [9.17, 15) is 13.2 Å². The molecule has 0 bridgehead atoms. The third-order valence-corrected chi connectivity index (χ3v) is 4.18. The quantitative estimate of drug-likeness (QED) is 0.558. The molecule has 0 unspecified atom stereocenters. The summed E-state index contributed by atoms with van der Waals surface area (Å²) >= 11 is 0. The lowest BCUT2D eigenvalue weighted by Crippen LogP contribution is -2.04. The molecule has 140 valence electrons. The van der Waals surface area contributed by atoms with Crippen LogP contribution in [0.5, 0.6) is 0 Å². The SMILES string of the molecule is CCCCC.Cc1cnccc1-c1nc2cc(C(F)(F)F)ccc2n1C. The van der Waals surface area contributed by atoms with Gasteiger partial charge in [0.05, 0.1) is 16.6 Å². The second-order valence-corrected chi connectivity index (χ2v) is 6.24. The number of aryl methyl sites for hydroxylation is 2. The van der Waals surface area contributed by atoms with Gasteiger partial charge in [0.15, 0.2) is 0 Å². The van der Waals surface area contributed by atoms with Gasteiger partial charge in [-0.2, -0.15) is 13.2 Å². The van der Waals surface area contributed by atoms with Crippen LogP contribution in [0.1, 0.15) is 44.2 Å². The van der Waals surface area contributed by atoms with E-state index >= 15 is 0 Å². The molecule has 0 aliphatic carbocycles. The highest BCUT2D eigenvalue weighted by Gasteiger charge is 2.31. The van der Waals surface area contributed by atoms with Crippen molar-refractivity contribution in [3.8, 4) is 11.4 Å². The van der Waals surface area contributed by atoms with Gasteiger partial charge in [-0.3, -0.25) is 4.98 Å². The first kappa shape index (κ1) is 19.9. The number of pyridine rings is 1. The zero-order valence-electron chi connectivity index (χ0n) is 15.6. The molecule has 0 N–H and O–H groups in total. The fourth-order valence-corrected chi connectivity index (χ4v) is 2.69. The lowest BCUT2D eigenvalue weighted by molar-refractivity contribution is -0.137. The zero-order chi connectivity index (χ0) is 19.3. The Morgan fingerprint density at radius 2 is 1.77 bits per heavy atom. The molecule has 0 atom stereocenters. The van der Waals surface area contributed by atoms with Gasteiger partial charge in [-0.1, -0.05) is 33.1 Å². The third kappa shape index (κ3) is 4.42. The molecule has 0 radical (unpaired) electrons.